The molecule has 0 spiro atoms. The van der Waals surface area contributed by atoms with Gasteiger partial charge in [-0.2, -0.15) is 13.2 Å². The molecule has 2 N–H and O–H groups in total. The lowest BCUT2D eigenvalue weighted by Crippen LogP contribution is -2.43. The van der Waals surface area contributed by atoms with Crippen LogP contribution in [0.3, 0.4) is 0 Å². The van der Waals surface area contributed by atoms with E-state index in [0.717, 1.165) is 17.1 Å². The topological polar surface area (TPSA) is 105 Å². The Morgan fingerprint density at radius 1 is 1.09 bits per heavy atom. The summed E-state index contributed by atoms with van der Waals surface area (Å²) in [5, 5.41) is 3.35. The van der Waals surface area contributed by atoms with Crippen molar-refractivity contribution in [2.24, 2.45) is 5.92 Å². The molecule has 8 nitrogen and oxygen atoms in total. The number of ether oxygens (including phenoxy) is 1. The molecule has 3 rings (SSSR count). The molecular formula is C21H16Cl2F3N3O5. The number of esters is 1. The number of para-hydroxylation sites is 1. The molecule has 1 fully saturated rings. The molecule has 3 amide bonds. The first-order valence-corrected chi connectivity index (χ1v) is 10.4. The minimum absolute atomic E-state index is 0.129. The van der Waals surface area contributed by atoms with Crippen LogP contribution in [0.1, 0.15) is 22.3 Å². The maximum atomic E-state index is 13.0. The quantitative estimate of drug-likeness (QED) is 0.568. The van der Waals surface area contributed by atoms with Crippen molar-refractivity contribution >= 4 is 52.6 Å². The van der Waals surface area contributed by atoms with E-state index in [9.17, 15) is 32.3 Å². The molecule has 2 aromatic carbocycles. The molecule has 1 atom stereocenters. The molecule has 0 saturated carbocycles. The van der Waals surface area contributed by atoms with Crippen LogP contribution in [0.15, 0.2) is 42.5 Å². The normalized spacial score (nSPS) is 15.7. The van der Waals surface area contributed by atoms with Crippen molar-refractivity contribution in [3.8, 4) is 0 Å². The van der Waals surface area contributed by atoms with Gasteiger partial charge in [-0.05, 0) is 30.3 Å². The van der Waals surface area contributed by atoms with Crippen LogP contribution in [0.25, 0.3) is 0 Å². The van der Waals surface area contributed by atoms with Crippen molar-refractivity contribution in [3.05, 3.63) is 63.6 Å². The van der Waals surface area contributed by atoms with Gasteiger partial charge >= 0.3 is 12.1 Å². The van der Waals surface area contributed by atoms with Crippen LogP contribution in [0.5, 0.6) is 0 Å². The van der Waals surface area contributed by atoms with E-state index < -0.39 is 53.6 Å². The van der Waals surface area contributed by atoms with Gasteiger partial charge < -0.3 is 10.1 Å². The fourth-order valence-corrected chi connectivity index (χ4v) is 3.38. The Balaban J connectivity index is 1.52. The van der Waals surface area contributed by atoms with E-state index in [0.29, 0.717) is 0 Å². The predicted octanol–water partition coefficient (Wildman–Crippen LogP) is 3.69. The van der Waals surface area contributed by atoms with E-state index in [2.05, 4.69) is 5.43 Å². The van der Waals surface area contributed by atoms with Gasteiger partial charge in [-0.15, -0.1) is 0 Å². The van der Waals surface area contributed by atoms with Crippen LogP contribution in [0, 0.1) is 5.92 Å². The summed E-state index contributed by atoms with van der Waals surface area (Å²) in [5.74, 6) is -4.13. The fourth-order valence-electron chi connectivity index (χ4n) is 3.08. The third kappa shape index (κ3) is 6.17. The summed E-state index contributed by atoms with van der Waals surface area (Å²) < 4.78 is 43.9. The van der Waals surface area contributed by atoms with Crippen LogP contribution in [0.2, 0.25) is 10.0 Å². The number of alkyl halides is 3. The fraction of sp³-hybridized carbons (Fsp3) is 0.238. The lowest BCUT2D eigenvalue weighted by molar-refractivity contribution is -0.151. The highest BCUT2D eigenvalue weighted by Gasteiger charge is 2.37. The third-order valence-electron chi connectivity index (χ3n) is 4.73. The highest BCUT2D eigenvalue weighted by atomic mass is 35.5. The van der Waals surface area contributed by atoms with Gasteiger partial charge in [0.05, 0.1) is 33.8 Å². The summed E-state index contributed by atoms with van der Waals surface area (Å²) in [6.07, 6.45) is -4.98. The van der Waals surface area contributed by atoms with Crippen molar-refractivity contribution in [1.82, 2.24) is 10.4 Å². The highest BCUT2D eigenvalue weighted by molar-refractivity contribution is 6.42. The van der Waals surface area contributed by atoms with Gasteiger partial charge in [0.25, 0.3) is 11.8 Å². The van der Waals surface area contributed by atoms with Crippen molar-refractivity contribution in [2.45, 2.75) is 12.6 Å². The summed E-state index contributed by atoms with van der Waals surface area (Å²) in [4.78, 5) is 48.7. The third-order valence-corrected chi connectivity index (χ3v) is 5.47. The minimum atomic E-state index is -4.68. The summed E-state index contributed by atoms with van der Waals surface area (Å²) in [6.45, 7) is -1.07. The van der Waals surface area contributed by atoms with Crippen LogP contribution in [0.4, 0.5) is 18.9 Å². The molecule has 0 unspecified atom stereocenters. The monoisotopic (exact) mass is 517 g/mol. The average Bonchev–Trinajstić information content (AvgIpc) is 3.13. The molecular weight excluding hydrogens is 502 g/mol. The van der Waals surface area contributed by atoms with Crippen LogP contribution in [-0.4, -0.2) is 41.9 Å². The Morgan fingerprint density at radius 2 is 1.79 bits per heavy atom. The van der Waals surface area contributed by atoms with Gasteiger partial charge in [0.2, 0.25) is 5.91 Å². The molecule has 0 radical (unpaired) electrons. The number of rotatable bonds is 6. The van der Waals surface area contributed by atoms with E-state index in [1.54, 1.807) is 0 Å². The first-order chi connectivity index (χ1) is 16.0. The molecule has 1 saturated heterocycles. The number of nitrogens with one attached hydrogen (secondary N) is 2. The first-order valence-electron chi connectivity index (χ1n) is 9.65. The number of nitrogens with zero attached hydrogens (tertiary/aromatic N) is 1. The smallest absolute Gasteiger partial charge is 0.418 e. The van der Waals surface area contributed by atoms with E-state index in [1.165, 1.54) is 30.3 Å². The molecule has 0 bridgehead atoms. The molecule has 13 heteroatoms. The Labute approximate surface area is 200 Å². The molecule has 0 aliphatic carbocycles. The van der Waals surface area contributed by atoms with Gasteiger partial charge in [0, 0.05) is 12.0 Å². The van der Waals surface area contributed by atoms with Crippen molar-refractivity contribution < 1.29 is 37.1 Å². The molecule has 1 aliphatic rings. The SMILES string of the molecule is O=C(COC(=O)[C@H]1CC(=O)N(NC(=O)c2ccc(Cl)c(Cl)c2)C1)Nc1ccccc1C(F)(F)F. The largest absolute Gasteiger partial charge is 0.455 e. The predicted molar refractivity (Wildman–Crippen MR) is 115 cm³/mol. The number of anilines is 1. The van der Waals surface area contributed by atoms with E-state index in [-0.39, 0.29) is 28.6 Å². The molecule has 1 heterocycles. The number of carbonyl (C=O) groups excluding carboxylic acids is 4. The lowest BCUT2D eigenvalue weighted by Gasteiger charge is -2.18. The standard InChI is InChI=1S/C21H16Cl2F3N3O5/c22-14-6-5-11(7-15(14)23)19(32)28-29-9-12(8-18(29)31)20(33)34-10-17(30)27-16-4-2-1-3-13(16)21(24,25)26/h1-7,12H,8-10H2,(H,27,30)(H,28,32)/t12-/m0/s1. The first kappa shape index (κ1) is 25.3. The molecule has 34 heavy (non-hydrogen) atoms. The minimum Gasteiger partial charge on any atom is -0.455 e. The number of benzene rings is 2. The van der Waals surface area contributed by atoms with E-state index in [4.69, 9.17) is 27.9 Å². The zero-order valence-corrected chi connectivity index (χ0v) is 18.6. The molecule has 180 valence electrons. The van der Waals surface area contributed by atoms with Gasteiger partial charge in [0.15, 0.2) is 6.61 Å². The summed E-state index contributed by atoms with van der Waals surface area (Å²) >= 11 is 11.7. The highest BCUT2D eigenvalue weighted by Crippen LogP contribution is 2.34. The summed E-state index contributed by atoms with van der Waals surface area (Å²) in [7, 11) is 0. The van der Waals surface area contributed by atoms with Crippen LogP contribution >= 0.6 is 23.2 Å². The second-order valence-electron chi connectivity index (χ2n) is 7.17. The number of hydrogen-bond donors (Lipinski definition) is 2. The van der Waals surface area contributed by atoms with Crippen molar-refractivity contribution in [2.75, 3.05) is 18.5 Å². The van der Waals surface area contributed by atoms with Crippen molar-refractivity contribution in [1.29, 1.82) is 0 Å². The Kier molecular flexibility index (Phi) is 7.68. The zero-order valence-electron chi connectivity index (χ0n) is 17.1. The summed E-state index contributed by atoms with van der Waals surface area (Å²) in [6, 6.07) is 8.44. The number of amides is 3. The second-order valence-corrected chi connectivity index (χ2v) is 7.99. The average molecular weight is 518 g/mol. The van der Waals surface area contributed by atoms with Gasteiger partial charge in [-0.3, -0.25) is 29.6 Å². The lowest BCUT2D eigenvalue weighted by atomic mass is 10.1. The maximum Gasteiger partial charge on any atom is 0.418 e. The Hall–Kier alpha value is -3.31. The number of carbonyl (C=O) groups is 4. The van der Waals surface area contributed by atoms with Gasteiger partial charge in [-0.25, -0.2) is 0 Å². The van der Waals surface area contributed by atoms with Gasteiger partial charge in [0.1, 0.15) is 0 Å². The number of halogens is 5. The van der Waals surface area contributed by atoms with Crippen LogP contribution < -0.4 is 10.7 Å². The molecule has 1 aliphatic heterocycles. The summed E-state index contributed by atoms with van der Waals surface area (Å²) in [5.41, 5.74) is 0.938. The van der Waals surface area contributed by atoms with Gasteiger partial charge in [-0.1, -0.05) is 35.3 Å². The maximum absolute atomic E-state index is 13.0. The van der Waals surface area contributed by atoms with E-state index >= 15 is 0 Å². The Morgan fingerprint density at radius 3 is 2.47 bits per heavy atom. The number of hydrazine groups is 1. The second kappa shape index (κ2) is 10.3. The van der Waals surface area contributed by atoms with E-state index in [1.807, 2.05) is 5.32 Å². The van der Waals surface area contributed by atoms with Crippen molar-refractivity contribution in [3.63, 3.8) is 0 Å². The Bertz CT molecular complexity index is 1140. The molecule has 0 aromatic heterocycles. The zero-order chi connectivity index (χ0) is 25.0. The van der Waals surface area contributed by atoms with Crippen LogP contribution in [-0.2, 0) is 25.3 Å². The number of hydrogen-bond acceptors (Lipinski definition) is 5. The molecule has 2 aromatic rings.